The highest BCUT2D eigenvalue weighted by atomic mass is 32.2. The van der Waals surface area contributed by atoms with Crippen molar-refractivity contribution in [3.63, 3.8) is 0 Å². The largest absolute Gasteiger partial charge is 0.368 e. The average molecular weight is 238 g/mol. The Balaban J connectivity index is 4.35. The topological polar surface area (TPSA) is 119 Å². The van der Waals surface area contributed by atoms with Gasteiger partial charge in [-0.3, -0.25) is 4.79 Å². The molecule has 0 saturated carbocycles. The third-order valence-corrected chi connectivity index (χ3v) is 3.49. The van der Waals surface area contributed by atoms with Crippen LogP contribution in [0, 0.1) is 0 Å². The summed E-state index contributed by atoms with van der Waals surface area (Å²) in [5.74, 6) is -0.717. The first-order valence-electron chi connectivity index (χ1n) is 4.54. The van der Waals surface area contributed by atoms with Crippen molar-refractivity contribution in [1.82, 2.24) is 9.03 Å². The molecule has 1 atom stereocenters. The van der Waals surface area contributed by atoms with Gasteiger partial charge in [-0.2, -0.15) is 17.4 Å². The number of hydrogen-bond donors (Lipinski definition) is 3. The lowest BCUT2D eigenvalue weighted by atomic mass is 10.4. The van der Waals surface area contributed by atoms with E-state index in [1.807, 2.05) is 0 Å². The predicted molar refractivity (Wildman–Crippen MR) is 57.0 cm³/mol. The van der Waals surface area contributed by atoms with Crippen LogP contribution in [-0.2, 0) is 15.0 Å². The Hall–Kier alpha value is -0.700. The van der Waals surface area contributed by atoms with E-state index >= 15 is 0 Å². The second-order valence-electron chi connectivity index (χ2n) is 3.21. The Morgan fingerprint density at radius 3 is 2.47 bits per heavy atom. The lowest BCUT2D eigenvalue weighted by Gasteiger charge is -2.19. The van der Waals surface area contributed by atoms with Crippen molar-refractivity contribution in [1.29, 1.82) is 0 Å². The smallest absolute Gasteiger partial charge is 0.279 e. The number of nitrogens with zero attached hydrogens (tertiary/aromatic N) is 1. The van der Waals surface area contributed by atoms with Crippen LogP contribution in [0.2, 0.25) is 0 Å². The molecule has 0 aliphatic carbocycles. The van der Waals surface area contributed by atoms with Gasteiger partial charge in [0.2, 0.25) is 5.91 Å². The molecule has 0 aromatic carbocycles. The molecule has 8 heteroatoms. The van der Waals surface area contributed by atoms with E-state index in [1.165, 1.54) is 14.0 Å². The van der Waals surface area contributed by atoms with Crippen molar-refractivity contribution in [2.75, 3.05) is 20.1 Å². The monoisotopic (exact) mass is 238 g/mol. The maximum absolute atomic E-state index is 11.5. The van der Waals surface area contributed by atoms with Crippen LogP contribution in [0.1, 0.15) is 13.3 Å². The molecule has 0 aromatic rings. The number of carbonyl (C=O) groups is 1. The first-order valence-corrected chi connectivity index (χ1v) is 5.98. The van der Waals surface area contributed by atoms with Gasteiger partial charge in [-0.05, 0) is 19.9 Å². The summed E-state index contributed by atoms with van der Waals surface area (Å²) >= 11 is 0. The Bertz CT molecular complexity index is 303. The van der Waals surface area contributed by atoms with Crippen LogP contribution in [0.15, 0.2) is 0 Å². The average Bonchev–Trinajstić information content (AvgIpc) is 2.13. The van der Waals surface area contributed by atoms with Crippen molar-refractivity contribution in [3.8, 4) is 0 Å². The SMILES string of the molecule is CC(NS(=O)(=O)N(C)CCCN)C(N)=O. The second-order valence-corrected chi connectivity index (χ2v) is 5.02. The molecule has 0 heterocycles. The fourth-order valence-electron chi connectivity index (χ4n) is 0.806. The summed E-state index contributed by atoms with van der Waals surface area (Å²) in [5.41, 5.74) is 10.2. The molecule has 0 aromatic heterocycles. The van der Waals surface area contributed by atoms with E-state index in [9.17, 15) is 13.2 Å². The Morgan fingerprint density at radius 2 is 2.07 bits per heavy atom. The molecule has 15 heavy (non-hydrogen) atoms. The van der Waals surface area contributed by atoms with Crippen LogP contribution in [0.3, 0.4) is 0 Å². The highest BCUT2D eigenvalue weighted by molar-refractivity contribution is 7.87. The summed E-state index contributed by atoms with van der Waals surface area (Å²) in [4.78, 5) is 10.7. The summed E-state index contributed by atoms with van der Waals surface area (Å²) < 4.78 is 26.3. The molecular weight excluding hydrogens is 220 g/mol. The molecule has 5 N–H and O–H groups in total. The fraction of sp³-hybridized carbons (Fsp3) is 0.857. The van der Waals surface area contributed by atoms with Gasteiger partial charge in [0.05, 0.1) is 6.04 Å². The van der Waals surface area contributed by atoms with Crippen molar-refractivity contribution < 1.29 is 13.2 Å². The van der Waals surface area contributed by atoms with Gasteiger partial charge in [-0.25, -0.2) is 0 Å². The minimum Gasteiger partial charge on any atom is -0.368 e. The van der Waals surface area contributed by atoms with Crippen molar-refractivity contribution >= 4 is 16.1 Å². The number of nitrogens with one attached hydrogen (secondary N) is 1. The zero-order valence-electron chi connectivity index (χ0n) is 8.93. The first kappa shape index (κ1) is 14.3. The maximum Gasteiger partial charge on any atom is 0.279 e. The first-order chi connectivity index (χ1) is 6.81. The van der Waals surface area contributed by atoms with Gasteiger partial charge in [-0.1, -0.05) is 0 Å². The highest BCUT2D eigenvalue weighted by Crippen LogP contribution is 1.96. The molecule has 0 aliphatic rings. The van der Waals surface area contributed by atoms with Crippen LogP contribution in [0.5, 0.6) is 0 Å². The van der Waals surface area contributed by atoms with Crippen molar-refractivity contribution in [2.45, 2.75) is 19.4 Å². The van der Waals surface area contributed by atoms with E-state index in [4.69, 9.17) is 11.5 Å². The van der Waals surface area contributed by atoms with Crippen LogP contribution in [-0.4, -0.2) is 44.8 Å². The lowest BCUT2D eigenvalue weighted by Crippen LogP contribution is -2.48. The van der Waals surface area contributed by atoms with Gasteiger partial charge in [0.15, 0.2) is 0 Å². The van der Waals surface area contributed by atoms with Gasteiger partial charge in [0.25, 0.3) is 10.2 Å². The van der Waals surface area contributed by atoms with E-state index in [0.717, 1.165) is 4.31 Å². The minimum atomic E-state index is -3.65. The van der Waals surface area contributed by atoms with E-state index in [2.05, 4.69) is 4.72 Å². The molecule has 0 aliphatic heterocycles. The number of amides is 1. The number of nitrogens with two attached hydrogens (primary N) is 2. The minimum absolute atomic E-state index is 0.303. The number of hydrogen-bond acceptors (Lipinski definition) is 4. The molecule has 0 bridgehead atoms. The number of carbonyl (C=O) groups excluding carboxylic acids is 1. The summed E-state index contributed by atoms with van der Waals surface area (Å²) in [5, 5.41) is 0. The van der Waals surface area contributed by atoms with Gasteiger partial charge in [0.1, 0.15) is 0 Å². The van der Waals surface area contributed by atoms with Crippen LogP contribution in [0.25, 0.3) is 0 Å². The third-order valence-electron chi connectivity index (χ3n) is 1.84. The van der Waals surface area contributed by atoms with Crippen LogP contribution < -0.4 is 16.2 Å². The normalized spacial score (nSPS) is 14.1. The van der Waals surface area contributed by atoms with E-state index in [-0.39, 0.29) is 0 Å². The molecule has 0 spiro atoms. The number of rotatable bonds is 7. The fourth-order valence-corrected chi connectivity index (χ4v) is 1.92. The Labute approximate surface area is 90.0 Å². The molecular formula is C7H18N4O3S. The standard InChI is InChI=1S/C7H18N4O3S/c1-6(7(9)12)10-15(13,14)11(2)5-3-4-8/h6,10H,3-5,8H2,1-2H3,(H2,9,12). The van der Waals surface area contributed by atoms with E-state index in [0.29, 0.717) is 19.5 Å². The lowest BCUT2D eigenvalue weighted by molar-refractivity contribution is -0.119. The zero-order chi connectivity index (χ0) is 12.1. The van der Waals surface area contributed by atoms with Crippen LogP contribution in [0.4, 0.5) is 0 Å². The Kier molecular flexibility index (Phi) is 5.73. The molecule has 7 nitrogen and oxygen atoms in total. The van der Waals surface area contributed by atoms with Crippen molar-refractivity contribution in [2.24, 2.45) is 11.5 Å². The third kappa shape index (κ3) is 5.07. The van der Waals surface area contributed by atoms with E-state index in [1.54, 1.807) is 0 Å². The second kappa shape index (κ2) is 6.01. The molecule has 0 saturated heterocycles. The van der Waals surface area contributed by atoms with Gasteiger partial charge >= 0.3 is 0 Å². The van der Waals surface area contributed by atoms with Crippen LogP contribution >= 0.6 is 0 Å². The summed E-state index contributed by atoms with van der Waals surface area (Å²) in [7, 11) is -2.24. The quantitative estimate of drug-likeness (QED) is 0.474. The zero-order valence-corrected chi connectivity index (χ0v) is 9.75. The van der Waals surface area contributed by atoms with Crippen molar-refractivity contribution in [3.05, 3.63) is 0 Å². The summed E-state index contributed by atoms with van der Waals surface area (Å²) in [6.45, 7) is 2.10. The molecule has 90 valence electrons. The van der Waals surface area contributed by atoms with Gasteiger partial charge < -0.3 is 11.5 Å². The molecule has 1 unspecified atom stereocenters. The summed E-state index contributed by atoms with van der Waals surface area (Å²) in [6, 6.07) is -0.921. The Morgan fingerprint density at radius 1 is 1.53 bits per heavy atom. The van der Waals surface area contributed by atoms with Gasteiger partial charge in [0, 0.05) is 13.6 Å². The van der Waals surface area contributed by atoms with Gasteiger partial charge in [-0.15, -0.1) is 0 Å². The molecule has 0 fully saturated rings. The number of primary amides is 1. The maximum atomic E-state index is 11.5. The van der Waals surface area contributed by atoms with E-state index < -0.39 is 22.2 Å². The molecule has 0 rings (SSSR count). The molecule has 0 radical (unpaired) electrons. The highest BCUT2D eigenvalue weighted by Gasteiger charge is 2.21. The predicted octanol–water partition coefficient (Wildman–Crippen LogP) is -2.02. The molecule has 1 amide bonds. The summed E-state index contributed by atoms with van der Waals surface area (Å²) in [6.07, 6.45) is 0.558.